The third kappa shape index (κ3) is 4.12. The van der Waals surface area contributed by atoms with E-state index in [9.17, 15) is 19.8 Å². The van der Waals surface area contributed by atoms with E-state index in [0.29, 0.717) is 0 Å². The second kappa shape index (κ2) is 7.50. The molecule has 0 saturated carbocycles. The van der Waals surface area contributed by atoms with Gasteiger partial charge in [0.15, 0.2) is 6.29 Å². The minimum atomic E-state index is -1.40. The molecule has 116 valence electrons. The van der Waals surface area contributed by atoms with Gasteiger partial charge in [-0.25, -0.2) is 0 Å². The Kier molecular flexibility index (Phi) is 6.30. The van der Waals surface area contributed by atoms with E-state index in [1.54, 1.807) is 0 Å². The number of carboxylic acid groups (broad SMARTS) is 1. The Bertz CT molecular complexity index is 347. The standard InChI is InChI=1S/C11H19NO8/c1-19-11-8(12-6(14)2-3-7(15)16)10(18)9(17)5(4-13)20-11/h5,8-11,13,17-18H,2-4H2,1H3,(H,12,14)(H,15,16)/t5?,8-,9+,10?,11-/m0/s1. The van der Waals surface area contributed by atoms with Gasteiger partial charge in [0.05, 0.1) is 13.0 Å². The number of carbonyl (C=O) groups excluding carboxylic acids is 1. The van der Waals surface area contributed by atoms with Crippen molar-refractivity contribution in [2.75, 3.05) is 13.7 Å². The van der Waals surface area contributed by atoms with Crippen LogP contribution in [0.3, 0.4) is 0 Å². The third-order valence-electron chi connectivity index (χ3n) is 3.01. The zero-order chi connectivity index (χ0) is 15.3. The van der Waals surface area contributed by atoms with Gasteiger partial charge in [-0.05, 0) is 0 Å². The number of ether oxygens (including phenoxy) is 2. The summed E-state index contributed by atoms with van der Waals surface area (Å²) in [5.74, 6) is -1.74. The van der Waals surface area contributed by atoms with Crippen LogP contribution in [0.4, 0.5) is 0 Å². The van der Waals surface area contributed by atoms with Crippen molar-refractivity contribution in [1.29, 1.82) is 0 Å². The summed E-state index contributed by atoms with van der Waals surface area (Å²) in [6.45, 7) is -0.516. The van der Waals surface area contributed by atoms with Crippen LogP contribution < -0.4 is 5.32 Å². The van der Waals surface area contributed by atoms with Crippen LogP contribution in [0.5, 0.6) is 0 Å². The minimum absolute atomic E-state index is 0.269. The Morgan fingerprint density at radius 1 is 1.25 bits per heavy atom. The highest BCUT2D eigenvalue weighted by Gasteiger charge is 2.45. The molecular formula is C11H19NO8. The smallest absolute Gasteiger partial charge is 0.303 e. The Balaban J connectivity index is 2.65. The molecule has 5 N–H and O–H groups in total. The average molecular weight is 293 g/mol. The van der Waals surface area contributed by atoms with Crippen molar-refractivity contribution in [3.05, 3.63) is 0 Å². The van der Waals surface area contributed by atoms with E-state index < -0.39 is 49.1 Å². The van der Waals surface area contributed by atoms with E-state index in [1.807, 2.05) is 0 Å². The zero-order valence-corrected chi connectivity index (χ0v) is 10.9. The van der Waals surface area contributed by atoms with Gasteiger partial charge < -0.3 is 35.2 Å². The Morgan fingerprint density at radius 2 is 1.90 bits per heavy atom. The number of carboxylic acids is 1. The van der Waals surface area contributed by atoms with E-state index in [-0.39, 0.29) is 12.8 Å². The predicted molar refractivity (Wildman–Crippen MR) is 63.6 cm³/mol. The number of rotatable bonds is 6. The fourth-order valence-electron chi connectivity index (χ4n) is 1.92. The van der Waals surface area contributed by atoms with Crippen LogP contribution in [-0.2, 0) is 19.1 Å². The molecule has 2 unspecified atom stereocenters. The maximum Gasteiger partial charge on any atom is 0.303 e. The second-order valence-electron chi connectivity index (χ2n) is 4.43. The SMILES string of the molecule is CO[C@H]1OC(CO)[C@@H](O)C(O)[C@@H]1NC(=O)CCC(=O)O. The number of aliphatic hydroxyl groups is 3. The lowest BCUT2D eigenvalue weighted by Crippen LogP contribution is -2.64. The molecule has 9 nitrogen and oxygen atoms in total. The van der Waals surface area contributed by atoms with Crippen LogP contribution in [0.25, 0.3) is 0 Å². The van der Waals surface area contributed by atoms with Crippen molar-refractivity contribution in [2.24, 2.45) is 0 Å². The zero-order valence-electron chi connectivity index (χ0n) is 10.9. The first-order chi connectivity index (χ1) is 9.40. The summed E-state index contributed by atoms with van der Waals surface area (Å²) >= 11 is 0. The summed E-state index contributed by atoms with van der Waals surface area (Å²) in [5.41, 5.74) is 0. The molecular weight excluding hydrogens is 274 g/mol. The first-order valence-electron chi connectivity index (χ1n) is 6.07. The lowest BCUT2D eigenvalue weighted by Gasteiger charge is -2.41. The number of hydrogen-bond donors (Lipinski definition) is 5. The Morgan fingerprint density at radius 3 is 2.40 bits per heavy atom. The van der Waals surface area contributed by atoms with Gasteiger partial charge in [0.25, 0.3) is 0 Å². The van der Waals surface area contributed by atoms with Gasteiger partial charge >= 0.3 is 5.97 Å². The molecule has 1 heterocycles. The largest absolute Gasteiger partial charge is 0.481 e. The monoisotopic (exact) mass is 293 g/mol. The van der Waals surface area contributed by atoms with Gasteiger partial charge in [0.2, 0.25) is 5.91 Å². The molecule has 0 aliphatic carbocycles. The summed E-state index contributed by atoms with van der Waals surface area (Å²) in [5, 5.41) is 39.5. The van der Waals surface area contributed by atoms with Crippen molar-refractivity contribution in [3.63, 3.8) is 0 Å². The molecule has 1 aliphatic rings. The summed E-state index contributed by atoms with van der Waals surface area (Å²) in [6.07, 6.45) is -5.50. The molecule has 0 spiro atoms. The van der Waals surface area contributed by atoms with Crippen molar-refractivity contribution >= 4 is 11.9 Å². The molecule has 1 amide bonds. The van der Waals surface area contributed by atoms with Crippen molar-refractivity contribution in [3.8, 4) is 0 Å². The molecule has 0 bridgehead atoms. The molecule has 0 radical (unpaired) electrons. The molecule has 0 aromatic carbocycles. The second-order valence-corrected chi connectivity index (χ2v) is 4.43. The van der Waals surface area contributed by atoms with E-state index in [1.165, 1.54) is 7.11 Å². The fraction of sp³-hybridized carbons (Fsp3) is 0.818. The van der Waals surface area contributed by atoms with Gasteiger partial charge in [-0.2, -0.15) is 0 Å². The van der Waals surface area contributed by atoms with Crippen LogP contribution in [-0.4, -0.2) is 76.7 Å². The number of nitrogens with one attached hydrogen (secondary N) is 1. The highest BCUT2D eigenvalue weighted by Crippen LogP contribution is 2.21. The molecule has 20 heavy (non-hydrogen) atoms. The molecule has 0 aromatic rings. The van der Waals surface area contributed by atoms with E-state index >= 15 is 0 Å². The maximum absolute atomic E-state index is 11.6. The van der Waals surface area contributed by atoms with Gasteiger partial charge in [0, 0.05) is 13.5 Å². The lowest BCUT2D eigenvalue weighted by atomic mass is 9.97. The van der Waals surface area contributed by atoms with Gasteiger partial charge in [-0.3, -0.25) is 9.59 Å². The molecule has 9 heteroatoms. The van der Waals surface area contributed by atoms with Crippen molar-refractivity contribution in [2.45, 2.75) is 43.5 Å². The Hall–Kier alpha value is -1.26. The topological polar surface area (TPSA) is 146 Å². The quantitative estimate of drug-likeness (QED) is 0.359. The van der Waals surface area contributed by atoms with Crippen LogP contribution in [0.2, 0.25) is 0 Å². The summed E-state index contributed by atoms with van der Waals surface area (Å²) in [7, 11) is 1.28. The molecule has 0 aromatic heterocycles. The van der Waals surface area contributed by atoms with Gasteiger partial charge in [-0.15, -0.1) is 0 Å². The Labute approximate surface area is 115 Å². The number of aliphatic hydroxyl groups excluding tert-OH is 3. The van der Waals surface area contributed by atoms with Crippen LogP contribution in [0.15, 0.2) is 0 Å². The highest BCUT2D eigenvalue weighted by atomic mass is 16.7. The molecule has 1 aliphatic heterocycles. The molecule has 1 saturated heterocycles. The van der Waals surface area contributed by atoms with Crippen LogP contribution in [0.1, 0.15) is 12.8 Å². The maximum atomic E-state index is 11.6. The number of aliphatic carboxylic acids is 1. The summed E-state index contributed by atoms with van der Waals surface area (Å²) in [4.78, 5) is 21.9. The summed E-state index contributed by atoms with van der Waals surface area (Å²) < 4.78 is 10.1. The van der Waals surface area contributed by atoms with Gasteiger partial charge in [0.1, 0.15) is 24.4 Å². The van der Waals surface area contributed by atoms with Crippen LogP contribution >= 0.6 is 0 Å². The number of methoxy groups -OCH3 is 1. The summed E-state index contributed by atoms with van der Waals surface area (Å²) in [6, 6.07) is -1.06. The number of carbonyl (C=O) groups is 2. The highest BCUT2D eigenvalue weighted by molar-refractivity contribution is 5.80. The third-order valence-corrected chi connectivity index (χ3v) is 3.01. The first kappa shape index (κ1) is 16.8. The number of hydrogen-bond acceptors (Lipinski definition) is 7. The predicted octanol–water partition coefficient (Wildman–Crippen LogP) is -2.58. The van der Waals surface area contributed by atoms with Gasteiger partial charge in [-0.1, -0.05) is 0 Å². The lowest BCUT2D eigenvalue weighted by molar-refractivity contribution is -0.262. The number of amides is 1. The van der Waals surface area contributed by atoms with Crippen LogP contribution in [0, 0.1) is 0 Å². The van der Waals surface area contributed by atoms with E-state index in [2.05, 4.69) is 5.32 Å². The van der Waals surface area contributed by atoms with Crippen molar-refractivity contribution < 1.29 is 39.5 Å². The molecule has 1 rings (SSSR count). The molecule has 1 fully saturated rings. The van der Waals surface area contributed by atoms with Crippen molar-refractivity contribution in [1.82, 2.24) is 5.32 Å². The average Bonchev–Trinajstić information content (AvgIpc) is 2.42. The van der Waals surface area contributed by atoms with E-state index in [0.717, 1.165) is 0 Å². The first-order valence-corrected chi connectivity index (χ1v) is 6.07. The molecule has 5 atom stereocenters. The minimum Gasteiger partial charge on any atom is -0.481 e. The van der Waals surface area contributed by atoms with E-state index in [4.69, 9.17) is 19.7 Å². The normalized spacial score (nSPS) is 33.7. The fourth-order valence-corrected chi connectivity index (χ4v) is 1.92.